The zero-order chi connectivity index (χ0) is 21.7. The second-order valence-electron chi connectivity index (χ2n) is 9.55. The molecule has 0 saturated carbocycles. The molecule has 4 heterocycles. The van der Waals surface area contributed by atoms with E-state index in [-0.39, 0.29) is 24.5 Å². The van der Waals surface area contributed by atoms with Crippen LogP contribution in [0.4, 0.5) is 5.69 Å². The zero-order valence-corrected chi connectivity index (χ0v) is 17.5. The molecule has 2 fully saturated rings. The van der Waals surface area contributed by atoms with E-state index in [2.05, 4.69) is 0 Å². The minimum Gasteiger partial charge on any atom is -0.454 e. The van der Waals surface area contributed by atoms with Crippen LogP contribution >= 0.6 is 0 Å². The molecule has 6 rings (SSSR count). The molecule has 3 amide bonds. The molecule has 2 aromatic carbocycles. The Hall–Kier alpha value is -3.35. The van der Waals surface area contributed by atoms with Gasteiger partial charge in [-0.1, -0.05) is 45.0 Å². The van der Waals surface area contributed by atoms with Crippen molar-refractivity contribution in [1.29, 1.82) is 0 Å². The third-order valence-corrected chi connectivity index (χ3v) is 6.79. The Labute approximate surface area is 179 Å². The van der Waals surface area contributed by atoms with Crippen LogP contribution in [0, 0.1) is 17.3 Å². The smallest absolute Gasteiger partial charge is 0.240 e. The highest BCUT2D eigenvalue weighted by molar-refractivity contribution is 6.23. The van der Waals surface area contributed by atoms with Gasteiger partial charge in [0, 0.05) is 11.0 Å². The van der Waals surface area contributed by atoms with Gasteiger partial charge in [-0.15, -0.1) is 0 Å². The van der Waals surface area contributed by atoms with Crippen LogP contribution in [0.5, 0.6) is 11.5 Å². The number of anilines is 1. The van der Waals surface area contributed by atoms with E-state index in [1.54, 1.807) is 29.2 Å². The van der Waals surface area contributed by atoms with E-state index in [1.165, 1.54) is 4.90 Å². The predicted molar refractivity (Wildman–Crippen MR) is 110 cm³/mol. The lowest BCUT2D eigenvalue weighted by molar-refractivity contribution is -0.143. The quantitative estimate of drug-likeness (QED) is 0.665. The van der Waals surface area contributed by atoms with E-state index in [9.17, 15) is 14.4 Å². The van der Waals surface area contributed by atoms with Gasteiger partial charge in [0.15, 0.2) is 11.5 Å². The lowest BCUT2D eigenvalue weighted by Gasteiger charge is -2.32. The van der Waals surface area contributed by atoms with E-state index in [1.807, 2.05) is 39.0 Å². The number of amides is 3. The average Bonchev–Trinajstić information content (AvgIpc) is 3.47. The van der Waals surface area contributed by atoms with Gasteiger partial charge in [-0.3, -0.25) is 14.4 Å². The molecule has 4 aliphatic rings. The molecule has 7 nitrogen and oxygen atoms in total. The van der Waals surface area contributed by atoms with Gasteiger partial charge in [-0.2, -0.15) is 0 Å². The fourth-order valence-corrected chi connectivity index (χ4v) is 5.60. The van der Waals surface area contributed by atoms with Crippen LogP contribution in [-0.2, 0) is 14.4 Å². The van der Waals surface area contributed by atoms with Gasteiger partial charge < -0.3 is 14.4 Å². The Bertz CT molecular complexity index is 1150. The van der Waals surface area contributed by atoms with E-state index in [4.69, 9.17) is 9.47 Å². The van der Waals surface area contributed by atoms with Gasteiger partial charge in [-0.05, 0) is 23.8 Å². The average molecular weight is 418 g/mol. The molecular formula is C24H22N2O5. The number of hydrogen-bond donors (Lipinski definition) is 0. The number of hydrogen-bond acceptors (Lipinski definition) is 5. The van der Waals surface area contributed by atoms with Crippen LogP contribution in [0.1, 0.15) is 44.0 Å². The molecule has 31 heavy (non-hydrogen) atoms. The summed E-state index contributed by atoms with van der Waals surface area (Å²) < 4.78 is 11.3. The Morgan fingerprint density at radius 1 is 0.935 bits per heavy atom. The normalized spacial score (nSPS) is 27.7. The van der Waals surface area contributed by atoms with Crippen LogP contribution in [0.2, 0.25) is 0 Å². The maximum Gasteiger partial charge on any atom is 0.240 e. The molecule has 2 bridgehead atoms. The van der Waals surface area contributed by atoms with Crippen molar-refractivity contribution in [2.75, 3.05) is 11.7 Å². The van der Waals surface area contributed by atoms with E-state index in [0.29, 0.717) is 17.2 Å². The minimum atomic E-state index is -0.650. The molecule has 0 aromatic heterocycles. The van der Waals surface area contributed by atoms with Crippen LogP contribution in [-0.4, -0.2) is 29.4 Å². The molecule has 2 aromatic rings. The molecule has 4 atom stereocenters. The molecular weight excluding hydrogens is 396 g/mol. The van der Waals surface area contributed by atoms with Gasteiger partial charge in [0.1, 0.15) is 0 Å². The lowest BCUT2D eigenvalue weighted by atomic mass is 9.77. The number of carbonyl (C=O) groups is 3. The fraction of sp³-hybridized carbons (Fsp3) is 0.375. The van der Waals surface area contributed by atoms with Gasteiger partial charge in [0.05, 0.1) is 29.6 Å². The maximum absolute atomic E-state index is 13.6. The number of benzene rings is 2. The van der Waals surface area contributed by atoms with Crippen LogP contribution in [0.15, 0.2) is 42.5 Å². The first-order valence-electron chi connectivity index (χ1n) is 10.5. The summed E-state index contributed by atoms with van der Waals surface area (Å²) in [4.78, 5) is 43.7. The van der Waals surface area contributed by atoms with Crippen LogP contribution in [0.25, 0.3) is 0 Å². The first kappa shape index (κ1) is 18.4. The third-order valence-electron chi connectivity index (χ3n) is 6.79. The van der Waals surface area contributed by atoms with E-state index in [0.717, 1.165) is 11.1 Å². The molecule has 0 unspecified atom stereocenters. The number of nitrogens with zero attached hydrogens (tertiary/aromatic N) is 2. The molecule has 2 saturated heterocycles. The minimum absolute atomic E-state index is 0.0763. The second-order valence-corrected chi connectivity index (χ2v) is 9.55. The molecule has 0 radical (unpaired) electrons. The summed E-state index contributed by atoms with van der Waals surface area (Å²) in [6.45, 7) is 5.68. The highest BCUT2D eigenvalue weighted by atomic mass is 16.7. The van der Waals surface area contributed by atoms with E-state index >= 15 is 0 Å². The van der Waals surface area contributed by atoms with Crippen molar-refractivity contribution in [3.05, 3.63) is 53.6 Å². The van der Waals surface area contributed by atoms with Crippen LogP contribution in [0.3, 0.4) is 0 Å². The largest absolute Gasteiger partial charge is 0.454 e. The maximum atomic E-state index is 13.6. The molecule has 0 N–H and O–H groups in total. The fourth-order valence-electron chi connectivity index (χ4n) is 5.60. The second kappa shape index (κ2) is 5.87. The summed E-state index contributed by atoms with van der Waals surface area (Å²) in [7, 11) is 0. The number of rotatable bonds is 1. The Kier molecular flexibility index (Phi) is 3.49. The summed E-state index contributed by atoms with van der Waals surface area (Å²) in [5, 5.41) is 0. The van der Waals surface area contributed by atoms with E-state index < -0.39 is 29.3 Å². The summed E-state index contributed by atoms with van der Waals surface area (Å²) in [6.07, 6.45) is 0. The Morgan fingerprint density at radius 2 is 1.61 bits per heavy atom. The Morgan fingerprint density at radius 3 is 2.29 bits per heavy atom. The SMILES string of the molecule is CC(C)(C)C(=O)N1[C@H]2c3ccc4c(c3[C@H]1[C@H]1C(=O)N(c3ccccc3)C(=O)[C@H]12)OCO4. The summed E-state index contributed by atoms with van der Waals surface area (Å²) in [6, 6.07) is 11.7. The Balaban J connectivity index is 1.53. The van der Waals surface area contributed by atoms with Gasteiger partial charge >= 0.3 is 0 Å². The number of ether oxygens (including phenoxy) is 2. The van der Waals surface area contributed by atoms with Crippen molar-refractivity contribution in [1.82, 2.24) is 4.90 Å². The molecule has 0 aliphatic carbocycles. The van der Waals surface area contributed by atoms with Gasteiger partial charge in [0.25, 0.3) is 0 Å². The monoisotopic (exact) mass is 418 g/mol. The van der Waals surface area contributed by atoms with Gasteiger partial charge in [-0.25, -0.2) is 4.90 Å². The first-order chi connectivity index (χ1) is 14.8. The summed E-state index contributed by atoms with van der Waals surface area (Å²) in [5.41, 5.74) is 1.61. The van der Waals surface area contributed by atoms with Crippen molar-refractivity contribution in [3.8, 4) is 11.5 Å². The number of imide groups is 1. The molecule has 0 spiro atoms. The van der Waals surface area contributed by atoms with Crippen molar-refractivity contribution in [2.45, 2.75) is 32.9 Å². The number of para-hydroxylation sites is 1. The topological polar surface area (TPSA) is 76.2 Å². The van der Waals surface area contributed by atoms with Crippen molar-refractivity contribution in [2.24, 2.45) is 17.3 Å². The molecule has 4 aliphatic heterocycles. The van der Waals surface area contributed by atoms with Crippen molar-refractivity contribution >= 4 is 23.4 Å². The van der Waals surface area contributed by atoms with Crippen molar-refractivity contribution < 1.29 is 23.9 Å². The van der Waals surface area contributed by atoms with Crippen LogP contribution < -0.4 is 14.4 Å². The number of fused-ring (bicyclic) bond motifs is 10. The summed E-state index contributed by atoms with van der Waals surface area (Å²) in [5.74, 6) is -0.612. The standard InChI is InChI=1S/C24H22N2O5/c1-24(2,3)23(29)26-18-13-9-10-14-20(31-11-30-14)15(13)19(26)17-16(18)21(27)25(22(17)28)12-7-5-4-6-8-12/h4-10,16-19H,11H2,1-3H3/t16-,17+,18+,19+/m1/s1. The predicted octanol–water partition coefficient (Wildman–Crippen LogP) is 3.21. The lowest BCUT2D eigenvalue weighted by Crippen LogP contribution is -2.42. The molecule has 158 valence electrons. The van der Waals surface area contributed by atoms with Crippen molar-refractivity contribution in [3.63, 3.8) is 0 Å². The molecule has 7 heteroatoms. The third kappa shape index (κ3) is 2.21. The highest BCUT2D eigenvalue weighted by Gasteiger charge is 2.69. The number of carbonyl (C=O) groups excluding carboxylic acids is 3. The highest BCUT2D eigenvalue weighted by Crippen LogP contribution is 2.66. The zero-order valence-electron chi connectivity index (χ0n) is 17.5. The summed E-state index contributed by atoms with van der Waals surface area (Å²) >= 11 is 0. The first-order valence-corrected chi connectivity index (χ1v) is 10.5. The van der Waals surface area contributed by atoms with Gasteiger partial charge in [0.2, 0.25) is 24.5 Å².